The standard InChI is InChI=1S/C22H42N6O/c1-23-22(24-10-7-14-26-12-4-2-3-5-13-26)25-11-15-27-16-18-28(19-17-27)21(29)20-8-6-9-20/h20H,2-19H2,1H3,(H2,23,24,25). The van der Waals surface area contributed by atoms with Gasteiger partial charge in [-0.25, -0.2) is 0 Å². The molecule has 0 radical (unpaired) electrons. The first kappa shape index (κ1) is 22.3. The number of nitrogens with one attached hydrogen (secondary N) is 2. The Labute approximate surface area is 177 Å². The summed E-state index contributed by atoms with van der Waals surface area (Å²) in [4.78, 5) is 23.8. The Kier molecular flexibility index (Phi) is 9.54. The lowest BCUT2D eigenvalue weighted by atomic mass is 9.84. The van der Waals surface area contributed by atoms with Gasteiger partial charge in [0.05, 0.1) is 0 Å². The van der Waals surface area contributed by atoms with Crippen LogP contribution in [-0.2, 0) is 4.79 Å². The smallest absolute Gasteiger partial charge is 0.225 e. The first-order valence-corrected chi connectivity index (χ1v) is 11.9. The van der Waals surface area contributed by atoms with Crippen molar-refractivity contribution in [2.24, 2.45) is 10.9 Å². The number of hydrogen-bond acceptors (Lipinski definition) is 4. The fourth-order valence-electron chi connectivity index (χ4n) is 4.53. The summed E-state index contributed by atoms with van der Waals surface area (Å²) >= 11 is 0. The van der Waals surface area contributed by atoms with Crippen molar-refractivity contribution in [2.75, 3.05) is 72.5 Å². The third-order valence-electron chi connectivity index (χ3n) is 6.72. The van der Waals surface area contributed by atoms with Crippen molar-refractivity contribution in [3.8, 4) is 0 Å². The molecule has 0 aromatic rings. The molecule has 1 aliphatic carbocycles. The highest BCUT2D eigenvalue weighted by molar-refractivity contribution is 5.80. The number of amides is 1. The zero-order chi connectivity index (χ0) is 20.3. The van der Waals surface area contributed by atoms with Gasteiger partial charge in [0.15, 0.2) is 5.96 Å². The Morgan fingerprint density at radius 2 is 1.48 bits per heavy atom. The van der Waals surface area contributed by atoms with E-state index in [1.807, 2.05) is 7.05 Å². The number of aliphatic imine (C=N–C) groups is 1. The van der Waals surface area contributed by atoms with Crippen LogP contribution < -0.4 is 10.6 Å². The summed E-state index contributed by atoms with van der Waals surface area (Å²) in [5, 5.41) is 6.89. The van der Waals surface area contributed by atoms with Gasteiger partial charge in [-0.2, -0.15) is 0 Å². The Morgan fingerprint density at radius 3 is 2.10 bits per heavy atom. The molecule has 1 amide bonds. The van der Waals surface area contributed by atoms with Crippen LogP contribution in [0.2, 0.25) is 0 Å². The molecular weight excluding hydrogens is 364 g/mol. The third kappa shape index (κ3) is 7.45. The minimum Gasteiger partial charge on any atom is -0.356 e. The van der Waals surface area contributed by atoms with Gasteiger partial charge >= 0.3 is 0 Å². The molecule has 2 saturated heterocycles. The van der Waals surface area contributed by atoms with Gasteiger partial charge in [0.25, 0.3) is 0 Å². The van der Waals surface area contributed by atoms with E-state index in [1.165, 1.54) is 51.7 Å². The van der Waals surface area contributed by atoms with Crippen LogP contribution in [0.25, 0.3) is 0 Å². The molecule has 29 heavy (non-hydrogen) atoms. The van der Waals surface area contributed by atoms with Crippen molar-refractivity contribution in [3.63, 3.8) is 0 Å². The number of guanidine groups is 1. The maximum absolute atomic E-state index is 12.3. The zero-order valence-corrected chi connectivity index (χ0v) is 18.5. The SMILES string of the molecule is CN=C(NCCCN1CCCCCC1)NCCN1CCN(C(=O)C2CCC2)CC1. The maximum Gasteiger partial charge on any atom is 0.225 e. The lowest BCUT2D eigenvalue weighted by Crippen LogP contribution is -2.52. The predicted molar refractivity (Wildman–Crippen MR) is 119 cm³/mol. The van der Waals surface area contributed by atoms with Crippen molar-refractivity contribution >= 4 is 11.9 Å². The summed E-state index contributed by atoms with van der Waals surface area (Å²) in [7, 11) is 1.84. The number of nitrogens with zero attached hydrogens (tertiary/aromatic N) is 4. The van der Waals surface area contributed by atoms with E-state index in [-0.39, 0.29) is 0 Å². The molecule has 1 saturated carbocycles. The molecule has 0 aromatic heterocycles. The van der Waals surface area contributed by atoms with E-state index >= 15 is 0 Å². The second-order valence-electron chi connectivity index (χ2n) is 8.83. The van der Waals surface area contributed by atoms with Gasteiger partial charge in [0.2, 0.25) is 5.91 Å². The zero-order valence-electron chi connectivity index (χ0n) is 18.5. The maximum atomic E-state index is 12.3. The van der Waals surface area contributed by atoms with Crippen molar-refractivity contribution in [3.05, 3.63) is 0 Å². The van der Waals surface area contributed by atoms with Crippen LogP contribution in [0.5, 0.6) is 0 Å². The fraction of sp³-hybridized carbons (Fsp3) is 0.909. The normalized spacial score (nSPS) is 22.8. The van der Waals surface area contributed by atoms with E-state index in [2.05, 4.69) is 30.3 Å². The lowest BCUT2D eigenvalue weighted by molar-refractivity contribution is -0.139. The van der Waals surface area contributed by atoms with Gasteiger partial charge in [0, 0.05) is 58.8 Å². The third-order valence-corrected chi connectivity index (χ3v) is 6.72. The molecule has 166 valence electrons. The largest absolute Gasteiger partial charge is 0.356 e. The molecule has 2 aliphatic heterocycles. The summed E-state index contributed by atoms with van der Waals surface area (Å²) < 4.78 is 0. The summed E-state index contributed by atoms with van der Waals surface area (Å²) in [5.74, 6) is 1.63. The monoisotopic (exact) mass is 406 g/mol. The van der Waals surface area contributed by atoms with E-state index in [0.717, 1.165) is 71.0 Å². The van der Waals surface area contributed by atoms with Crippen molar-refractivity contribution in [1.82, 2.24) is 25.3 Å². The number of carbonyl (C=O) groups excluding carboxylic acids is 1. The average molecular weight is 407 g/mol. The van der Waals surface area contributed by atoms with Gasteiger partial charge < -0.3 is 20.4 Å². The van der Waals surface area contributed by atoms with Crippen LogP contribution in [0, 0.1) is 5.92 Å². The highest BCUT2D eigenvalue weighted by Gasteiger charge is 2.30. The lowest BCUT2D eigenvalue weighted by Gasteiger charge is -2.38. The first-order valence-electron chi connectivity index (χ1n) is 11.9. The highest BCUT2D eigenvalue weighted by Crippen LogP contribution is 2.28. The molecule has 0 bridgehead atoms. The number of carbonyl (C=O) groups is 1. The van der Waals surface area contributed by atoms with Gasteiger partial charge in [-0.05, 0) is 51.7 Å². The molecule has 3 aliphatic rings. The molecule has 7 heteroatoms. The van der Waals surface area contributed by atoms with Gasteiger partial charge in [-0.3, -0.25) is 14.7 Å². The van der Waals surface area contributed by atoms with Gasteiger partial charge in [0.1, 0.15) is 0 Å². The minimum atomic E-state index is 0.331. The summed E-state index contributed by atoms with van der Waals surface area (Å²) in [6, 6.07) is 0. The minimum absolute atomic E-state index is 0.331. The van der Waals surface area contributed by atoms with Crippen molar-refractivity contribution in [1.29, 1.82) is 0 Å². The second-order valence-corrected chi connectivity index (χ2v) is 8.83. The van der Waals surface area contributed by atoms with Crippen LogP contribution in [0.15, 0.2) is 4.99 Å². The van der Waals surface area contributed by atoms with Crippen LogP contribution in [0.4, 0.5) is 0 Å². The molecule has 3 rings (SSSR count). The molecule has 0 atom stereocenters. The van der Waals surface area contributed by atoms with Crippen molar-refractivity contribution < 1.29 is 4.79 Å². The van der Waals surface area contributed by atoms with Crippen LogP contribution in [0.3, 0.4) is 0 Å². The number of hydrogen-bond donors (Lipinski definition) is 2. The van der Waals surface area contributed by atoms with Crippen LogP contribution in [0.1, 0.15) is 51.4 Å². The summed E-state index contributed by atoms with van der Waals surface area (Å²) in [5.41, 5.74) is 0. The van der Waals surface area contributed by atoms with Gasteiger partial charge in [-0.1, -0.05) is 19.3 Å². The van der Waals surface area contributed by atoms with E-state index in [1.54, 1.807) is 0 Å². The number of likely N-dealkylation sites (tertiary alicyclic amines) is 1. The predicted octanol–water partition coefficient (Wildman–Crippen LogP) is 1.36. The first-order chi connectivity index (χ1) is 14.3. The summed E-state index contributed by atoms with van der Waals surface area (Å²) in [6.07, 6.45) is 10.1. The summed E-state index contributed by atoms with van der Waals surface area (Å²) in [6.45, 7) is 10.3. The topological polar surface area (TPSA) is 63.2 Å². The van der Waals surface area contributed by atoms with E-state index in [4.69, 9.17) is 0 Å². The molecule has 7 nitrogen and oxygen atoms in total. The molecule has 0 unspecified atom stereocenters. The molecular formula is C22H42N6O. The van der Waals surface area contributed by atoms with Gasteiger partial charge in [-0.15, -0.1) is 0 Å². The van der Waals surface area contributed by atoms with Crippen molar-refractivity contribution in [2.45, 2.75) is 51.4 Å². The molecule has 0 aromatic carbocycles. The van der Waals surface area contributed by atoms with E-state index in [0.29, 0.717) is 11.8 Å². The number of piperazine rings is 1. The average Bonchev–Trinajstić information content (AvgIpc) is 2.98. The van der Waals surface area contributed by atoms with Crippen LogP contribution >= 0.6 is 0 Å². The molecule has 0 spiro atoms. The van der Waals surface area contributed by atoms with E-state index < -0.39 is 0 Å². The second kappa shape index (κ2) is 12.4. The molecule has 3 fully saturated rings. The fourth-order valence-corrected chi connectivity index (χ4v) is 4.53. The molecule has 2 heterocycles. The Morgan fingerprint density at radius 1 is 0.828 bits per heavy atom. The Bertz CT molecular complexity index is 505. The quantitative estimate of drug-likeness (QED) is 0.362. The number of rotatable bonds is 8. The van der Waals surface area contributed by atoms with E-state index in [9.17, 15) is 4.79 Å². The highest BCUT2D eigenvalue weighted by atomic mass is 16.2. The van der Waals surface area contributed by atoms with Crippen LogP contribution in [-0.4, -0.2) is 99.1 Å². The Balaban J connectivity index is 1.22. The molecule has 2 N–H and O–H groups in total. The Hall–Kier alpha value is -1.34.